The van der Waals surface area contributed by atoms with Gasteiger partial charge in [0.05, 0.1) is 4.92 Å². The van der Waals surface area contributed by atoms with Crippen LogP contribution in [0.25, 0.3) is 6.08 Å². The molecule has 2 aromatic rings. The van der Waals surface area contributed by atoms with Crippen LogP contribution in [0.5, 0.6) is 0 Å². The van der Waals surface area contributed by atoms with E-state index < -0.39 is 16.7 Å². The summed E-state index contributed by atoms with van der Waals surface area (Å²) in [6.07, 6.45) is 2.46. The van der Waals surface area contributed by atoms with E-state index >= 15 is 0 Å². The predicted octanol–water partition coefficient (Wildman–Crippen LogP) is 4.14. The molecule has 0 radical (unpaired) electrons. The molecule has 0 saturated carbocycles. The van der Waals surface area contributed by atoms with Crippen molar-refractivity contribution in [2.45, 2.75) is 6.61 Å². The highest BCUT2D eigenvalue weighted by molar-refractivity contribution is 6.32. The monoisotopic (exact) mass is 335 g/mol. The predicted molar refractivity (Wildman–Crippen MR) is 83.3 cm³/mol. The molecule has 7 heteroatoms. The first kappa shape index (κ1) is 16.6. The van der Waals surface area contributed by atoms with Crippen molar-refractivity contribution in [2.24, 2.45) is 0 Å². The second-order valence-corrected chi connectivity index (χ2v) is 4.91. The molecular weight excluding hydrogens is 325 g/mol. The molecule has 0 N–H and O–H groups in total. The minimum atomic E-state index is -0.689. The molecule has 0 aromatic heterocycles. The van der Waals surface area contributed by atoms with Crippen molar-refractivity contribution in [3.63, 3.8) is 0 Å². The van der Waals surface area contributed by atoms with E-state index in [-0.39, 0.29) is 22.9 Å². The summed E-state index contributed by atoms with van der Waals surface area (Å²) < 4.78 is 18.3. The highest BCUT2D eigenvalue weighted by Gasteiger charge is 2.11. The minimum Gasteiger partial charge on any atom is -0.458 e. The summed E-state index contributed by atoms with van der Waals surface area (Å²) in [4.78, 5) is 21.8. The maximum absolute atomic E-state index is 13.4. The Morgan fingerprint density at radius 2 is 2.04 bits per heavy atom. The lowest BCUT2D eigenvalue weighted by molar-refractivity contribution is -0.384. The quantitative estimate of drug-likeness (QED) is 0.356. The fourth-order valence-electron chi connectivity index (χ4n) is 1.75. The maximum Gasteiger partial charge on any atom is 0.331 e. The average Bonchev–Trinajstić information content (AvgIpc) is 2.53. The van der Waals surface area contributed by atoms with Crippen molar-refractivity contribution in [1.29, 1.82) is 0 Å². The number of carbonyl (C=O) groups excluding carboxylic acids is 1. The average molecular weight is 336 g/mol. The number of rotatable bonds is 5. The lowest BCUT2D eigenvalue weighted by atomic mass is 10.2. The lowest BCUT2D eigenvalue weighted by Gasteiger charge is -2.03. The maximum atomic E-state index is 13.4. The van der Waals surface area contributed by atoms with Crippen LogP contribution < -0.4 is 0 Å². The van der Waals surface area contributed by atoms with Crippen LogP contribution in [-0.2, 0) is 16.1 Å². The Kier molecular flexibility index (Phi) is 5.43. The van der Waals surface area contributed by atoms with E-state index in [9.17, 15) is 19.3 Å². The van der Waals surface area contributed by atoms with Crippen LogP contribution in [-0.4, -0.2) is 10.9 Å². The van der Waals surface area contributed by atoms with E-state index in [1.165, 1.54) is 42.5 Å². The van der Waals surface area contributed by atoms with Gasteiger partial charge in [-0.05, 0) is 23.8 Å². The Morgan fingerprint density at radius 3 is 2.74 bits per heavy atom. The third kappa shape index (κ3) is 4.62. The Balaban J connectivity index is 2.00. The van der Waals surface area contributed by atoms with Gasteiger partial charge < -0.3 is 4.74 Å². The summed E-state index contributed by atoms with van der Waals surface area (Å²) in [5, 5.41) is 10.8. The highest BCUT2D eigenvalue weighted by atomic mass is 35.5. The van der Waals surface area contributed by atoms with Gasteiger partial charge >= 0.3 is 5.97 Å². The van der Waals surface area contributed by atoms with Gasteiger partial charge in [-0.1, -0.05) is 35.9 Å². The van der Waals surface area contributed by atoms with E-state index in [2.05, 4.69) is 0 Å². The molecule has 0 aliphatic rings. The van der Waals surface area contributed by atoms with Gasteiger partial charge in [0.25, 0.3) is 5.69 Å². The molecule has 0 bridgehead atoms. The number of hydrogen-bond donors (Lipinski definition) is 0. The first-order valence-electron chi connectivity index (χ1n) is 6.49. The number of ether oxygens (including phenoxy) is 1. The standard InChI is InChI=1S/C16H11ClFNO4/c17-13-7-5-11(9-15(13)19(21)22)6-8-16(20)23-10-12-3-1-2-4-14(12)18/h1-9H,10H2/b8-6+. The number of halogens is 2. The largest absolute Gasteiger partial charge is 0.458 e. The summed E-state index contributed by atoms with van der Waals surface area (Å²) in [6, 6.07) is 10.1. The molecular formula is C16H11ClFNO4. The number of carbonyl (C=O) groups is 1. The van der Waals surface area contributed by atoms with Crippen LogP contribution >= 0.6 is 11.6 Å². The van der Waals surface area contributed by atoms with E-state index in [1.54, 1.807) is 6.07 Å². The SMILES string of the molecule is O=C(/C=C/c1ccc(Cl)c([N+](=O)[O-])c1)OCc1ccccc1F. The molecule has 0 aliphatic heterocycles. The fraction of sp³-hybridized carbons (Fsp3) is 0.0625. The molecule has 0 amide bonds. The smallest absolute Gasteiger partial charge is 0.331 e. The van der Waals surface area contributed by atoms with Crippen LogP contribution in [0.4, 0.5) is 10.1 Å². The van der Waals surface area contributed by atoms with Gasteiger partial charge in [0.2, 0.25) is 0 Å². The highest BCUT2D eigenvalue weighted by Crippen LogP contribution is 2.25. The van der Waals surface area contributed by atoms with Gasteiger partial charge in [-0.25, -0.2) is 9.18 Å². The summed E-state index contributed by atoms with van der Waals surface area (Å²) in [5.74, 6) is -1.15. The molecule has 0 aliphatic carbocycles. The number of hydrogen-bond acceptors (Lipinski definition) is 4. The van der Waals surface area contributed by atoms with E-state index in [0.717, 1.165) is 6.08 Å². The van der Waals surface area contributed by atoms with Crippen LogP contribution in [0.3, 0.4) is 0 Å². The molecule has 2 aromatic carbocycles. The van der Waals surface area contributed by atoms with Gasteiger partial charge in [0, 0.05) is 17.7 Å². The Hall–Kier alpha value is -2.73. The zero-order chi connectivity index (χ0) is 16.8. The van der Waals surface area contributed by atoms with Crippen molar-refractivity contribution in [3.8, 4) is 0 Å². The molecule has 0 saturated heterocycles. The van der Waals surface area contributed by atoms with Crippen LogP contribution in [0.2, 0.25) is 5.02 Å². The normalized spacial score (nSPS) is 10.7. The van der Waals surface area contributed by atoms with Gasteiger partial charge in [-0.2, -0.15) is 0 Å². The molecule has 0 unspecified atom stereocenters. The number of esters is 1. The molecule has 0 atom stereocenters. The van der Waals surface area contributed by atoms with Gasteiger partial charge in [0.15, 0.2) is 0 Å². The van der Waals surface area contributed by atoms with Crippen molar-refractivity contribution < 1.29 is 18.8 Å². The molecule has 23 heavy (non-hydrogen) atoms. The summed E-state index contributed by atoms with van der Waals surface area (Å²) in [5.41, 5.74) is 0.425. The van der Waals surface area contributed by atoms with Crippen molar-refractivity contribution in [3.05, 3.63) is 80.6 Å². The van der Waals surface area contributed by atoms with Crippen molar-refractivity contribution >= 4 is 29.3 Å². The molecule has 5 nitrogen and oxygen atoms in total. The molecule has 0 heterocycles. The number of nitrogens with zero attached hydrogens (tertiary/aromatic N) is 1. The third-order valence-corrected chi connectivity index (χ3v) is 3.23. The summed E-state index contributed by atoms with van der Waals surface area (Å²) in [7, 11) is 0. The zero-order valence-corrected chi connectivity index (χ0v) is 12.5. The second kappa shape index (κ2) is 7.51. The minimum absolute atomic E-state index is 0.00859. The molecule has 0 fully saturated rings. The van der Waals surface area contributed by atoms with Gasteiger partial charge in [-0.3, -0.25) is 10.1 Å². The van der Waals surface area contributed by atoms with Gasteiger partial charge in [0.1, 0.15) is 17.4 Å². The third-order valence-electron chi connectivity index (χ3n) is 2.91. The van der Waals surface area contributed by atoms with Crippen molar-refractivity contribution in [1.82, 2.24) is 0 Å². The zero-order valence-electron chi connectivity index (χ0n) is 11.7. The Morgan fingerprint density at radius 1 is 1.30 bits per heavy atom. The van der Waals surface area contributed by atoms with Crippen LogP contribution in [0.1, 0.15) is 11.1 Å². The summed E-state index contributed by atoms with van der Waals surface area (Å²) >= 11 is 5.69. The lowest BCUT2D eigenvalue weighted by Crippen LogP contribution is -2.02. The van der Waals surface area contributed by atoms with Gasteiger partial charge in [-0.15, -0.1) is 0 Å². The molecule has 118 valence electrons. The summed E-state index contributed by atoms with van der Waals surface area (Å²) in [6.45, 7) is -0.198. The second-order valence-electron chi connectivity index (χ2n) is 4.50. The number of nitro groups is 1. The topological polar surface area (TPSA) is 69.4 Å². The number of nitro benzene ring substituents is 1. The Labute approximate surface area is 136 Å². The fourth-order valence-corrected chi connectivity index (χ4v) is 1.94. The van der Waals surface area contributed by atoms with E-state index in [0.29, 0.717) is 5.56 Å². The molecule has 2 rings (SSSR count). The molecule has 0 spiro atoms. The van der Waals surface area contributed by atoms with E-state index in [4.69, 9.17) is 16.3 Å². The first-order chi connectivity index (χ1) is 11.0. The number of benzene rings is 2. The van der Waals surface area contributed by atoms with Crippen molar-refractivity contribution in [2.75, 3.05) is 0 Å². The van der Waals surface area contributed by atoms with E-state index in [1.807, 2.05) is 0 Å². The van der Waals surface area contributed by atoms with Crippen LogP contribution in [0, 0.1) is 15.9 Å². The first-order valence-corrected chi connectivity index (χ1v) is 6.87. The Bertz CT molecular complexity index is 776. The van der Waals surface area contributed by atoms with Crippen LogP contribution in [0.15, 0.2) is 48.5 Å².